The van der Waals surface area contributed by atoms with Crippen LogP contribution in [0.5, 0.6) is 0 Å². The zero-order valence-electron chi connectivity index (χ0n) is 15.8. The number of aliphatic hydroxyl groups is 2. The smallest absolute Gasteiger partial charge is 0.407 e. The van der Waals surface area contributed by atoms with E-state index in [2.05, 4.69) is 29.6 Å². The van der Waals surface area contributed by atoms with Crippen LogP contribution in [0.15, 0.2) is 48.5 Å². The molecule has 0 unspecified atom stereocenters. The van der Waals surface area contributed by atoms with E-state index in [1.54, 1.807) is 0 Å². The molecule has 2 fully saturated rings. The minimum atomic E-state index is -1.09. The Morgan fingerprint density at radius 1 is 1.14 bits per heavy atom. The molecule has 0 radical (unpaired) electrons. The maximum absolute atomic E-state index is 12.3. The highest BCUT2D eigenvalue weighted by atomic mass is 16.6. The van der Waals surface area contributed by atoms with Gasteiger partial charge in [0.05, 0.1) is 13.2 Å². The van der Waals surface area contributed by atoms with Gasteiger partial charge in [-0.2, -0.15) is 0 Å². The van der Waals surface area contributed by atoms with Gasteiger partial charge in [0.1, 0.15) is 30.5 Å². The Hall–Kier alpha value is -2.45. The summed E-state index contributed by atoms with van der Waals surface area (Å²) >= 11 is 0. The maximum Gasteiger partial charge on any atom is 0.407 e. The number of hydrogen-bond acceptors (Lipinski definition) is 6. The van der Waals surface area contributed by atoms with Crippen molar-refractivity contribution < 1.29 is 29.2 Å². The summed E-state index contributed by atoms with van der Waals surface area (Å²) in [5.74, 6) is -0.00490. The van der Waals surface area contributed by atoms with Gasteiger partial charge in [0.25, 0.3) is 0 Å². The normalized spacial score (nSPS) is 29.5. The molecule has 3 aliphatic rings. The van der Waals surface area contributed by atoms with Crippen molar-refractivity contribution in [1.29, 1.82) is 0 Å². The zero-order chi connectivity index (χ0) is 20.0. The molecule has 1 aliphatic carbocycles. The van der Waals surface area contributed by atoms with Crippen LogP contribution in [0.2, 0.25) is 0 Å². The average molecular weight is 397 g/mol. The first-order chi connectivity index (χ1) is 14.1. The molecule has 0 aromatic heterocycles. The minimum absolute atomic E-state index is 0.00490. The number of rotatable bonds is 5. The highest BCUT2D eigenvalue weighted by Crippen LogP contribution is 2.44. The molecule has 7 heteroatoms. The number of aliphatic hydroxyl groups excluding tert-OH is 2. The lowest BCUT2D eigenvalue weighted by molar-refractivity contribution is -0.158. The molecule has 2 aromatic rings. The molecule has 0 spiro atoms. The van der Waals surface area contributed by atoms with Crippen molar-refractivity contribution in [3.63, 3.8) is 0 Å². The molecule has 3 N–H and O–H groups in total. The lowest BCUT2D eigenvalue weighted by atomic mass is 9.98. The monoisotopic (exact) mass is 397 g/mol. The molecule has 0 saturated carbocycles. The van der Waals surface area contributed by atoms with E-state index in [1.165, 1.54) is 11.1 Å². The van der Waals surface area contributed by atoms with Crippen LogP contribution < -0.4 is 5.32 Å². The lowest BCUT2D eigenvalue weighted by Crippen LogP contribution is -2.46. The molecule has 2 aromatic carbocycles. The fourth-order valence-corrected chi connectivity index (χ4v) is 4.66. The van der Waals surface area contributed by atoms with E-state index in [-0.39, 0.29) is 32.3 Å². The molecular formula is C22H23NO6. The Morgan fingerprint density at radius 2 is 1.79 bits per heavy atom. The van der Waals surface area contributed by atoms with Crippen molar-refractivity contribution in [1.82, 2.24) is 5.32 Å². The second-order valence-corrected chi connectivity index (χ2v) is 7.81. The van der Waals surface area contributed by atoms with Crippen molar-refractivity contribution in [3.05, 3.63) is 59.7 Å². The van der Waals surface area contributed by atoms with Crippen molar-refractivity contribution >= 4 is 6.09 Å². The number of fused-ring (bicyclic) bond motifs is 5. The Balaban J connectivity index is 1.20. The molecule has 4 atom stereocenters. The molecule has 5 rings (SSSR count). The third-order valence-electron chi connectivity index (χ3n) is 6.18. The SMILES string of the molecule is O=C(NC[C@@H]1O[C@@]2(CO)CO[C@@H]1[C@@H]2O)OCC1c2ccccc2-c2ccccc21. The number of carbonyl (C=O) groups excluding carboxylic acids is 1. The standard InChI is InChI=1S/C22H23NO6/c24-11-22-12-28-19(20(22)25)18(29-22)9-23-21(26)27-10-17-15-7-3-1-5-13(15)14-6-2-4-8-16(14)17/h1-8,17-20,24-25H,9-12H2,(H,23,26)/t18-,19-,20-,22-/m0/s1. The number of amides is 1. The van der Waals surface area contributed by atoms with Gasteiger partial charge in [-0.3, -0.25) is 0 Å². The molecular weight excluding hydrogens is 374 g/mol. The zero-order valence-corrected chi connectivity index (χ0v) is 15.8. The van der Waals surface area contributed by atoms with E-state index in [0.29, 0.717) is 0 Å². The van der Waals surface area contributed by atoms with Crippen LogP contribution in [0.3, 0.4) is 0 Å². The Labute approximate surface area is 168 Å². The third kappa shape index (κ3) is 2.93. The van der Waals surface area contributed by atoms with Gasteiger partial charge in [0.2, 0.25) is 0 Å². The highest BCUT2D eigenvalue weighted by molar-refractivity contribution is 5.79. The van der Waals surface area contributed by atoms with Crippen LogP contribution >= 0.6 is 0 Å². The fourth-order valence-electron chi connectivity index (χ4n) is 4.66. The first-order valence-electron chi connectivity index (χ1n) is 9.80. The fraction of sp³-hybridized carbons (Fsp3) is 0.409. The van der Waals surface area contributed by atoms with Crippen LogP contribution in [-0.4, -0.2) is 66.6 Å². The summed E-state index contributed by atoms with van der Waals surface area (Å²) in [6, 6.07) is 16.3. The molecule has 152 valence electrons. The topological polar surface area (TPSA) is 97.3 Å². The van der Waals surface area contributed by atoms with Gasteiger partial charge in [-0.1, -0.05) is 48.5 Å². The van der Waals surface area contributed by atoms with Crippen molar-refractivity contribution in [3.8, 4) is 11.1 Å². The van der Waals surface area contributed by atoms with E-state index >= 15 is 0 Å². The number of carbonyl (C=O) groups is 1. The summed E-state index contributed by atoms with van der Waals surface area (Å²) < 4.78 is 16.7. The Kier molecular flexibility index (Phi) is 4.55. The van der Waals surface area contributed by atoms with Gasteiger partial charge >= 0.3 is 6.09 Å². The number of nitrogens with one attached hydrogen (secondary N) is 1. The highest BCUT2D eigenvalue weighted by Gasteiger charge is 2.60. The second kappa shape index (κ2) is 7.11. The lowest BCUT2D eigenvalue weighted by Gasteiger charge is -2.28. The van der Waals surface area contributed by atoms with Crippen LogP contribution in [0.1, 0.15) is 17.0 Å². The summed E-state index contributed by atoms with van der Waals surface area (Å²) in [5, 5.41) is 22.4. The van der Waals surface area contributed by atoms with Crippen molar-refractivity contribution in [2.45, 2.75) is 29.8 Å². The van der Waals surface area contributed by atoms with Gasteiger partial charge in [-0.25, -0.2) is 4.79 Å². The van der Waals surface area contributed by atoms with Crippen LogP contribution in [0.4, 0.5) is 4.79 Å². The van der Waals surface area contributed by atoms with Crippen molar-refractivity contribution in [2.75, 3.05) is 26.4 Å². The largest absolute Gasteiger partial charge is 0.449 e. The quantitative estimate of drug-likeness (QED) is 0.706. The molecule has 2 bridgehead atoms. The second-order valence-electron chi connectivity index (χ2n) is 7.81. The van der Waals surface area contributed by atoms with E-state index in [4.69, 9.17) is 14.2 Å². The molecule has 29 heavy (non-hydrogen) atoms. The number of benzene rings is 2. The molecule has 2 aliphatic heterocycles. The summed E-state index contributed by atoms with van der Waals surface area (Å²) in [5.41, 5.74) is 3.57. The number of ether oxygens (including phenoxy) is 3. The first-order valence-corrected chi connectivity index (χ1v) is 9.80. The van der Waals surface area contributed by atoms with Gasteiger partial charge in [0.15, 0.2) is 0 Å². The molecule has 2 heterocycles. The predicted octanol–water partition coefficient (Wildman–Crippen LogP) is 1.41. The molecule has 1 amide bonds. The Morgan fingerprint density at radius 3 is 2.41 bits per heavy atom. The van der Waals surface area contributed by atoms with E-state index in [9.17, 15) is 15.0 Å². The average Bonchev–Trinajstić information content (AvgIpc) is 3.35. The Bertz CT molecular complexity index is 888. The third-order valence-corrected chi connectivity index (χ3v) is 6.18. The molecule has 2 saturated heterocycles. The minimum Gasteiger partial charge on any atom is -0.449 e. The van der Waals surface area contributed by atoms with Crippen LogP contribution in [0.25, 0.3) is 11.1 Å². The summed E-state index contributed by atoms with van der Waals surface area (Å²) in [4.78, 5) is 12.3. The van der Waals surface area contributed by atoms with Gasteiger partial charge in [-0.15, -0.1) is 0 Å². The van der Waals surface area contributed by atoms with Gasteiger partial charge in [-0.05, 0) is 22.3 Å². The van der Waals surface area contributed by atoms with Crippen molar-refractivity contribution in [2.24, 2.45) is 0 Å². The summed E-state index contributed by atoms with van der Waals surface area (Å²) in [6.07, 6.45) is -2.53. The van der Waals surface area contributed by atoms with E-state index in [0.717, 1.165) is 11.1 Å². The van der Waals surface area contributed by atoms with Crippen LogP contribution in [0, 0.1) is 0 Å². The first kappa shape index (κ1) is 18.6. The van der Waals surface area contributed by atoms with E-state index in [1.807, 2.05) is 24.3 Å². The van der Waals surface area contributed by atoms with Gasteiger partial charge in [0, 0.05) is 12.5 Å². The predicted molar refractivity (Wildman–Crippen MR) is 104 cm³/mol. The van der Waals surface area contributed by atoms with Gasteiger partial charge < -0.3 is 29.7 Å². The number of alkyl carbamates (subject to hydrolysis) is 1. The number of hydrogen-bond donors (Lipinski definition) is 3. The summed E-state index contributed by atoms with van der Waals surface area (Å²) in [6.45, 7) is 0.192. The van der Waals surface area contributed by atoms with Crippen LogP contribution in [-0.2, 0) is 14.2 Å². The summed E-state index contributed by atoms with van der Waals surface area (Å²) in [7, 11) is 0. The van der Waals surface area contributed by atoms with E-state index < -0.39 is 30.0 Å². The maximum atomic E-state index is 12.3. The molecule has 7 nitrogen and oxygen atoms in total.